The number of hydrogen-bond donors (Lipinski definition) is 1. The number of rotatable bonds is 6. The van der Waals surface area contributed by atoms with E-state index in [2.05, 4.69) is 5.32 Å². The Hall–Kier alpha value is -1.80. The van der Waals surface area contributed by atoms with Gasteiger partial charge in [0.1, 0.15) is 6.04 Å². The Balaban J connectivity index is 2.10. The van der Waals surface area contributed by atoms with Crippen LogP contribution in [-0.2, 0) is 21.4 Å². The molecule has 1 aliphatic heterocycles. The van der Waals surface area contributed by atoms with Gasteiger partial charge >= 0.3 is 0 Å². The molecule has 1 unspecified atom stereocenters. The van der Waals surface area contributed by atoms with Crippen molar-refractivity contribution in [2.24, 2.45) is 0 Å². The Morgan fingerprint density at radius 3 is 2.67 bits per heavy atom. The maximum atomic E-state index is 12.5. The van der Waals surface area contributed by atoms with Crippen LogP contribution in [0.3, 0.4) is 0 Å². The zero-order valence-corrected chi connectivity index (χ0v) is 15.1. The maximum absolute atomic E-state index is 12.5. The van der Waals surface area contributed by atoms with Crippen LogP contribution in [0.1, 0.15) is 24.8 Å². The van der Waals surface area contributed by atoms with Gasteiger partial charge in [-0.2, -0.15) is 4.31 Å². The molecule has 1 fully saturated rings. The van der Waals surface area contributed by atoms with Crippen molar-refractivity contribution in [3.8, 4) is 11.5 Å². The van der Waals surface area contributed by atoms with Crippen molar-refractivity contribution < 1.29 is 22.7 Å². The number of methoxy groups -OCH3 is 2. The van der Waals surface area contributed by atoms with Crippen LogP contribution in [0.2, 0.25) is 0 Å². The number of ether oxygens (including phenoxy) is 2. The van der Waals surface area contributed by atoms with Gasteiger partial charge in [0.05, 0.1) is 20.5 Å². The Kier molecular flexibility index (Phi) is 6.06. The average Bonchev–Trinajstić information content (AvgIpc) is 2.58. The number of carbonyl (C=O) groups excluding carboxylic acids is 1. The minimum absolute atomic E-state index is 0.243. The number of carbonyl (C=O) groups is 1. The Bertz CT molecular complexity index is 690. The van der Waals surface area contributed by atoms with Crippen LogP contribution in [0, 0.1) is 0 Å². The molecule has 0 aliphatic carbocycles. The highest BCUT2D eigenvalue weighted by Gasteiger charge is 2.34. The first-order chi connectivity index (χ1) is 11.4. The van der Waals surface area contributed by atoms with E-state index < -0.39 is 16.1 Å². The summed E-state index contributed by atoms with van der Waals surface area (Å²) in [5.41, 5.74) is 0.770. The van der Waals surface area contributed by atoms with Gasteiger partial charge in [-0.05, 0) is 18.9 Å². The number of nitrogens with one attached hydrogen (secondary N) is 1. The van der Waals surface area contributed by atoms with Crippen LogP contribution in [0.15, 0.2) is 18.2 Å². The first kappa shape index (κ1) is 18.5. The topological polar surface area (TPSA) is 84.9 Å². The third-order valence-corrected chi connectivity index (χ3v) is 5.41. The van der Waals surface area contributed by atoms with Crippen LogP contribution in [0.5, 0.6) is 11.5 Å². The van der Waals surface area contributed by atoms with Crippen LogP contribution in [0.4, 0.5) is 0 Å². The number of hydrogen-bond acceptors (Lipinski definition) is 5. The molecule has 8 heteroatoms. The van der Waals surface area contributed by atoms with Crippen LogP contribution in [-0.4, -0.2) is 51.7 Å². The Morgan fingerprint density at radius 1 is 1.29 bits per heavy atom. The van der Waals surface area contributed by atoms with Crippen molar-refractivity contribution in [2.45, 2.75) is 31.8 Å². The summed E-state index contributed by atoms with van der Waals surface area (Å²) in [6.07, 6.45) is 3.30. The minimum Gasteiger partial charge on any atom is -0.493 e. The normalized spacial score (nSPS) is 18.9. The van der Waals surface area contributed by atoms with Gasteiger partial charge in [0.15, 0.2) is 11.5 Å². The highest BCUT2D eigenvalue weighted by Crippen LogP contribution is 2.30. The summed E-state index contributed by atoms with van der Waals surface area (Å²) in [6, 6.07) is 4.77. The molecule has 0 saturated carbocycles. The first-order valence-electron chi connectivity index (χ1n) is 7.83. The fourth-order valence-electron chi connectivity index (χ4n) is 2.96. The second-order valence-electron chi connectivity index (χ2n) is 5.76. The third kappa shape index (κ3) is 4.18. The smallest absolute Gasteiger partial charge is 0.238 e. The van der Waals surface area contributed by atoms with Gasteiger partial charge in [-0.1, -0.05) is 18.6 Å². The van der Waals surface area contributed by atoms with Gasteiger partial charge in [-0.3, -0.25) is 4.79 Å². The lowest BCUT2D eigenvalue weighted by Crippen LogP contribution is -2.51. The number of para-hydroxylation sites is 1. The second kappa shape index (κ2) is 7.85. The van der Waals surface area contributed by atoms with Gasteiger partial charge in [0, 0.05) is 18.7 Å². The quantitative estimate of drug-likeness (QED) is 0.826. The lowest BCUT2D eigenvalue weighted by atomic mass is 10.0. The van der Waals surface area contributed by atoms with Gasteiger partial charge in [-0.15, -0.1) is 0 Å². The van der Waals surface area contributed by atoms with E-state index in [1.54, 1.807) is 13.2 Å². The number of benzene rings is 1. The summed E-state index contributed by atoms with van der Waals surface area (Å²) in [5, 5.41) is 2.82. The fraction of sp³-hybridized carbons (Fsp3) is 0.562. The molecule has 1 aliphatic rings. The van der Waals surface area contributed by atoms with E-state index in [-0.39, 0.29) is 12.5 Å². The van der Waals surface area contributed by atoms with Crippen molar-refractivity contribution in [1.82, 2.24) is 9.62 Å². The van der Waals surface area contributed by atoms with Crippen molar-refractivity contribution in [3.05, 3.63) is 23.8 Å². The summed E-state index contributed by atoms with van der Waals surface area (Å²) in [7, 11) is -0.313. The molecule has 1 atom stereocenters. The van der Waals surface area contributed by atoms with E-state index in [4.69, 9.17) is 9.47 Å². The van der Waals surface area contributed by atoms with E-state index in [0.29, 0.717) is 24.5 Å². The molecule has 1 heterocycles. The van der Waals surface area contributed by atoms with Gasteiger partial charge in [0.2, 0.25) is 15.9 Å². The molecule has 7 nitrogen and oxygen atoms in total. The van der Waals surface area contributed by atoms with Crippen LogP contribution >= 0.6 is 0 Å². The molecule has 1 saturated heterocycles. The summed E-state index contributed by atoms with van der Waals surface area (Å²) < 4.78 is 35.6. The van der Waals surface area contributed by atoms with Crippen LogP contribution in [0.25, 0.3) is 0 Å². The van der Waals surface area contributed by atoms with Crippen LogP contribution < -0.4 is 14.8 Å². The van der Waals surface area contributed by atoms with Gasteiger partial charge in [-0.25, -0.2) is 8.42 Å². The monoisotopic (exact) mass is 356 g/mol. The summed E-state index contributed by atoms with van der Waals surface area (Å²) in [4.78, 5) is 12.5. The van der Waals surface area contributed by atoms with E-state index in [0.717, 1.165) is 24.7 Å². The van der Waals surface area contributed by atoms with Crippen molar-refractivity contribution in [3.63, 3.8) is 0 Å². The van der Waals surface area contributed by atoms with Crippen molar-refractivity contribution >= 4 is 15.9 Å². The van der Waals surface area contributed by atoms with Gasteiger partial charge < -0.3 is 14.8 Å². The predicted molar refractivity (Wildman–Crippen MR) is 90.6 cm³/mol. The molecule has 1 N–H and O–H groups in total. The van der Waals surface area contributed by atoms with E-state index in [1.165, 1.54) is 11.4 Å². The zero-order chi connectivity index (χ0) is 17.7. The molecule has 0 spiro atoms. The van der Waals surface area contributed by atoms with E-state index >= 15 is 0 Å². The largest absolute Gasteiger partial charge is 0.493 e. The van der Waals surface area contributed by atoms with Gasteiger partial charge in [0.25, 0.3) is 0 Å². The Morgan fingerprint density at radius 2 is 2.04 bits per heavy atom. The fourth-order valence-corrected chi connectivity index (χ4v) is 4.08. The summed E-state index contributed by atoms with van der Waals surface area (Å²) in [6.45, 7) is 0.632. The molecular formula is C16H24N2O5S. The summed E-state index contributed by atoms with van der Waals surface area (Å²) >= 11 is 0. The molecule has 1 aromatic carbocycles. The standard InChI is InChI=1S/C16H24N2O5S/c1-22-14-9-6-7-12(15(14)23-2)11-17-16(19)13-8-4-5-10-18(13)24(3,20)21/h6-7,9,13H,4-5,8,10-11H2,1-3H3,(H,17,19). The molecule has 134 valence electrons. The SMILES string of the molecule is COc1cccc(CNC(=O)C2CCCCN2S(C)(=O)=O)c1OC. The van der Waals surface area contributed by atoms with Crippen molar-refractivity contribution in [2.75, 3.05) is 27.0 Å². The molecule has 0 bridgehead atoms. The second-order valence-corrected chi connectivity index (χ2v) is 7.69. The first-order valence-corrected chi connectivity index (χ1v) is 9.67. The maximum Gasteiger partial charge on any atom is 0.238 e. The van der Waals surface area contributed by atoms with E-state index in [1.807, 2.05) is 12.1 Å². The van der Waals surface area contributed by atoms with Crippen molar-refractivity contribution in [1.29, 1.82) is 0 Å². The predicted octanol–water partition coefficient (Wildman–Crippen LogP) is 1.13. The Labute approximate surface area is 143 Å². The lowest BCUT2D eigenvalue weighted by molar-refractivity contribution is -0.125. The zero-order valence-electron chi connectivity index (χ0n) is 14.2. The average molecular weight is 356 g/mol. The molecule has 1 amide bonds. The lowest BCUT2D eigenvalue weighted by Gasteiger charge is -2.32. The number of piperidine rings is 1. The minimum atomic E-state index is -3.40. The highest BCUT2D eigenvalue weighted by molar-refractivity contribution is 7.88. The molecule has 0 aromatic heterocycles. The third-order valence-electron chi connectivity index (χ3n) is 4.12. The molecule has 2 rings (SSSR count). The molecular weight excluding hydrogens is 332 g/mol. The molecule has 0 radical (unpaired) electrons. The number of nitrogens with zero attached hydrogens (tertiary/aromatic N) is 1. The molecule has 1 aromatic rings. The molecule has 24 heavy (non-hydrogen) atoms. The van der Waals surface area contributed by atoms with E-state index in [9.17, 15) is 13.2 Å². The number of amides is 1. The number of sulfonamides is 1. The highest BCUT2D eigenvalue weighted by atomic mass is 32.2. The summed E-state index contributed by atoms with van der Waals surface area (Å²) in [5.74, 6) is 0.855.